The summed E-state index contributed by atoms with van der Waals surface area (Å²) in [6, 6.07) is 11.0. The smallest absolute Gasteiger partial charge is 0.254 e. The molecule has 2 aromatic rings. The van der Waals surface area contributed by atoms with E-state index in [1.807, 2.05) is 29.2 Å². The van der Waals surface area contributed by atoms with Gasteiger partial charge in [-0.1, -0.05) is 12.1 Å². The number of likely N-dealkylation sites (tertiary alicyclic amines) is 1. The van der Waals surface area contributed by atoms with Crippen LogP contribution in [0.15, 0.2) is 36.4 Å². The number of piperidine rings is 1. The zero-order valence-electron chi connectivity index (χ0n) is 19.7. The lowest BCUT2D eigenvalue weighted by Gasteiger charge is -2.32. The third kappa shape index (κ3) is 6.09. The Morgan fingerprint density at radius 2 is 1.61 bits per heavy atom. The largest absolute Gasteiger partial charge is 0.497 e. The van der Waals surface area contributed by atoms with Crippen LogP contribution in [0.2, 0.25) is 0 Å². The second kappa shape index (κ2) is 11.4. The van der Waals surface area contributed by atoms with Crippen molar-refractivity contribution in [2.45, 2.75) is 25.8 Å². The van der Waals surface area contributed by atoms with E-state index in [1.54, 1.807) is 19.2 Å². The first-order chi connectivity index (χ1) is 16.0. The van der Waals surface area contributed by atoms with Crippen molar-refractivity contribution >= 4 is 11.8 Å². The molecule has 0 bridgehead atoms. The maximum absolute atomic E-state index is 13.1. The van der Waals surface area contributed by atoms with Crippen LogP contribution in [0.25, 0.3) is 0 Å². The number of nitrogens with one attached hydrogen (secondary N) is 1. The summed E-state index contributed by atoms with van der Waals surface area (Å²) in [4.78, 5) is 27.3. The topological polar surface area (TPSA) is 86.3 Å². The normalized spacial score (nSPS) is 13.9. The van der Waals surface area contributed by atoms with Crippen LogP contribution in [0.4, 0.5) is 0 Å². The van der Waals surface area contributed by atoms with Crippen LogP contribution >= 0.6 is 0 Å². The van der Waals surface area contributed by atoms with Crippen molar-refractivity contribution in [3.05, 3.63) is 47.5 Å². The van der Waals surface area contributed by atoms with E-state index in [2.05, 4.69) is 5.32 Å². The van der Waals surface area contributed by atoms with Crippen molar-refractivity contribution in [3.8, 4) is 23.0 Å². The van der Waals surface area contributed by atoms with Crippen molar-refractivity contribution < 1.29 is 28.5 Å². The molecule has 1 saturated heterocycles. The third-order valence-electron chi connectivity index (χ3n) is 5.91. The van der Waals surface area contributed by atoms with E-state index in [4.69, 9.17) is 18.9 Å². The van der Waals surface area contributed by atoms with Crippen molar-refractivity contribution in [1.82, 2.24) is 10.2 Å². The van der Waals surface area contributed by atoms with Crippen LogP contribution < -0.4 is 24.3 Å². The second-order valence-corrected chi connectivity index (χ2v) is 7.98. The number of hydrogen-bond acceptors (Lipinski definition) is 6. The zero-order valence-corrected chi connectivity index (χ0v) is 19.7. The number of nitrogens with zero attached hydrogens (tertiary/aromatic N) is 1. The van der Waals surface area contributed by atoms with Gasteiger partial charge >= 0.3 is 0 Å². The Labute approximate surface area is 194 Å². The molecule has 33 heavy (non-hydrogen) atoms. The summed E-state index contributed by atoms with van der Waals surface area (Å²) in [5, 5.41) is 2.98. The number of benzene rings is 2. The molecule has 1 aliphatic rings. The molecule has 2 amide bonds. The molecule has 0 radical (unpaired) electrons. The average molecular weight is 457 g/mol. The Morgan fingerprint density at radius 1 is 0.939 bits per heavy atom. The molecular formula is C25H32N2O6. The molecule has 8 nitrogen and oxygen atoms in total. The van der Waals surface area contributed by atoms with Crippen LogP contribution in [0.3, 0.4) is 0 Å². The molecule has 8 heteroatoms. The monoisotopic (exact) mass is 456 g/mol. The Bertz CT molecular complexity index is 944. The predicted octanol–water partition coefficient (Wildman–Crippen LogP) is 3.28. The van der Waals surface area contributed by atoms with E-state index in [0.717, 1.165) is 24.2 Å². The van der Waals surface area contributed by atoms with Gasteiger partial charge in [-0.15, -0.1) is 0 Å². The average Bonchev–Trinajstić information content (AvgIpc) is 2.86. The van der Waals surface area contributed by atoms with Gasteiger partial charge in [-0.2, -0.15) is 0 Å². The minimum absolute atomic E-state index is 0.0206. The standard InChI is InChI=1S/C25H32N2O6/c1-30-20-7-5-6-18(12-20)16-26-23(28)13-17-8-10-27(11-9-17)25(29)19-14-21(31-2)24(33-4)22(15-19)32-3/h5-7,12,14-15,17H,8-11,13,16H2,1-4H3,(H,26,28). The van der Waals surface area contributed by atoms with Gasteiger partial charge in [0, 0.05) is 31.6 Å². The highest BCUT2D eigenvalue weighted by Crippen LogP contribution is 2.38. The van der Waals surface area contributed by atoms with Crippen LogP contribution in [-0.4, -0.2) is 58.2 Å². The third-order valence-corrected chi connectivity index (χ3v) is 5.91. The van der Waals surface area contributed by atoms with Gasteiger partial charge in [0.2, 0.25) is 11.7 Å². The first kappa shape index (κ1) is 24.2. The van der Waals surface area contributed by atoms with Crippen LogP contribution in [-0.2, 0) is 11.3 Å². The summed E-state index contributed by atoms with van der Waals surface area (Å²) in [6.45, 7) is 1.67. The fourth-order valence-electron chi connectivity index (χ4n) is 4.04. The van der Waals surface area contributed by atoms with E-state index in [1.165, 1.54) is 21.3 Å². The second-order valence-electron chi connectivity index (χ2n) is 7.98. The molecule has 0 spiro atoms. The van der Waals surface area contributed by atoms with Gasteiger partial charge in [0.15, 0.2) is 11.5 Å². The summed E-state index contributed by atoms with van der Waals surface area (Å²) < 4.78 is 21.3. The lowest BCUT2D eigenvalue weighted by Crippen LogP contribution is -2.39. The number of rotatable bonds is 9. The summed E-state index contributed by atoms with van der Waals surface area (Å²) >= 11 is 0. The Balaban J connectivity index is 1.52. The molecule has 178 valence electrons. The summed E-state index contributed by atoms with van der Waals surface area (Å²) in [6.07, 6.45) is 2.02. The number of amides is 2. The lowest BCUT2D eigenvalue weighted by molar-refractivity contribution is -0.122. The first-order valence-electron chi connectivity index (χ1n) is 11.0. The van der Waals surface area contributed by atoms with Crippen molar-refractivity contribution in [3.63, 3.8) is 0 Å². The highest BCUT2D eigenvalue weighted by molar-refractivity contribution is 5.95. The molecule has 0 unspecified atom stereocenters. The maximum atomic E-state index is 13.1. The van der Waals surface area contributed by atoms with E-state index >= 15 is 0 Å². The van der Waals surface area contributed by atoms with Gasteiger partial charge in [-0.25, -0.2) is 0 Å². The van der Waals surface area contributed by atoms with Gasteiger partial charge < -0.3 is 29.2 Å². The quantitative estimate of drug-likeness (QED) is 0.623. The SMILES string of the molecule is COc1cccc(CNC(=O)CC2CCN(C(=O)c3cc(OC)c(OC)c(OC)c3)CC2)c1. The number of ether oxygens (including phenoxy) is 4. The fourth-order valence-corrected chi connectivity index (χ4v) is 4.04. The predicted molar refractivity (Wildman–Crippen MR) is 124 cm³/mol. The first-order valence-corrected chi connectivity index (χ1v) is 11.0. The van der Waals surface area contributed by atoms with Gasteiger partial charge in [-0.3, -0.25) is 9.59 Å². The molecule has 1 fully saturated rings. The van der Waals surface area contributed by atoms with E-state index in [9.17, 15) is 9.59 Å². The molecule has 0 saturated carbocycles. The van der Waals surface area contributed by atoms with Gasteiger partial charge in [0.1, 0.15) is 5.75 Å². The number of carbonyl (C=O) groups excluding carboxylic acids is 2. The summed E-state index contributed by atoms with van der Waals surface area (Å²) in [5.41, 5.74) is 1.48. The summed E-state index contributed by atoms with van der Waals surface area (Å²) in [7, 11) is 6.20. The molecule has 1 N–H and O–H groups in total. The van der Waals surface area contributed by atoms with E-state index < -0.39 is 0 Å². The van der Waals surface area contributed by atoms with E-state index in [0.29, 0.717) is 48.9 Å². The number of carbonyl (C=O) groups is 2. The van der Waals surface area contributed by atoms with Crippen molar-refractivity contribution in [1.29, 1.82) is 0 Å². The number of hydrogen-bond donors (Lipinski definition) is 1. The molecule has 3 rings (SSSR count). The highest BCUT2D eigenvalue weighted by atomic mass is 16.5. The van der Waals surface area contributed by atoms with Crippen LogP contribution in [0.5, 0.6) is 23.0 Å². The minimum Gasteiger partial charge on any atom is -0.497 e. The fraction of sp³-hybridized carbons (Fsp3) is 0.440. The minimum atomic E-state index is -0.0878. The van der Waals surface area contributed by atoms with Crippen molar-refractivity contribution in [2.24, 2.45) is 5.92 Å². The van der Waals surface area contributed by atoms with Gasteiger partial charge in [-0.05, 0) is 48.6 Å². The Hall–Kier alpha value is -3.42. The van der Waals surface area contributed by atoms with Gasteiger partial charge in [0.25, 0.3) is 5.91 Å². The molecule has 2 aromatic carbocycles. The molecule has 0 atom stereocenters. The molecular weight excluding hydrogens is 424 g/mol. The molecule has 1 aliphatic heterocycles. The maximum Gasteiger partial charge on any atom is 0.254 e. The molecule has 1 heterocycles. The van der Waals surface area contributed by atoms with Crippen molar-refractivity contribution in [2.75, 3.05) is 41.5 Å². The lowest BCUT2D eigenvalue weighted by atomic mass is 9.92. The number of methoxy groups -OCH3 is 4. The van der Waals surface area contributed by atoms with E-state index in [-0.39, 0.29) is 17.7 Å². The molecule has 0 aliphatic carbocycles. The van der Waals surface area contributed by atoms with Crippen LogP contribution in [0.1, 0.15) is 35.2 Å². The summed E-state index contributed by atoms with van der Waals surface area (Å²) in [5.74, 6) is 2.30. The molecule has 0 aromatic heterocycles. The van der Waals surface area contributed by atoms with Gasteiger partial charge in [0.05, 0.1) is 28.4 Å². The zero-order chi connectivity index (χ0) is 23.8. The Kier molecular flexibility index (Phi) is 8.40. The Morgan fingerprint density at radius 3 is 2.18 bits per heavy atom. The van der Waals surface area contributed by atoms with Crippen LogP contribution in [0, 0.1) is 5.92 Å². The highest BCUT2D eigenvalue weighted by Gasteiger charge is 2.26.